The molecule has 5 nitrogen and oxygen atoms in total. The molecule has 2 rings (SSSR count). The molecule has 0 aliphatic carbocycles. The van der Waals surface area contributed by atoms with Gasteiger partial charge in [0.25, 0.3) is 5.91 Å². The van der Waals surface area contributed by atoms with Crippen LogP contribution in [0, 0.1) is 20.8 Å². The van der Waals surface area contributed by atoms with Crippen molar-refractivity contribution in [2.24, 2.45) is 0 Å². The second-order valence-corrected chi connectivity index (χ2v) is 6.89. The Morgan fingerprint density at radius 1 is 1.07 bits per heavy atom. The zero-order valence-electron chi connectivity index (χ0n) is 16.7. The predicted molar refractivity (Wildman–Crippen MR) is 104 cm³/mol. The zero-order valence-corrected chi connectivity index (χ0v) is 16.7. The Morgan fingerprint density at radius 2 is 1.69 bits per heavy atom. The number of nitrogens with zero attached hydrogens (tertiary/aromatic N) is 1. The molecule has 0 radical (unpaired) electrons. The number of halogens is 3. The molecule has 2 aromatic carbocycles. The van der Waals surface area contributed by atoms with Gasteiger partial charge in [0.05, 0.1) is 12.1 Å². The van der Waals surface area contributed by atoms with E-state index in [-0.39, 0.29) is 18.2 Å². The number of nitrogens with one attached hydrogen (secondary N) is 1. The van der Waals surface area contributed by atoms with Crippen LogP contribution in [0.15, 0.2) is 36.4 Å². The molecule has 0 saturated carbocycles. The lowest BCUT2D eigenvalue weighted by molar-refractivity contribution is -0.137. The second kappa shape index (κ2) is 8.98. The second-order valence-electron chi connectivity index (χ2n) is 6.89. The van der Waals surface area contributed by atoms with Gasteiger partial charge in [0.15, 0.2) is 6.61 Å². The van der Waals surface area contributed by atoms with Gasteiger partial charge >= 0.3 is 6.18 Å². The fourth-order valence-electron chi connectivity index (χ4n) is 2.88. The quantitative estimate of drug-likeness (QED) is 0.783. The smallest absolute Gasteiger partial charge is 0.416 e. The molecule has 2 amide bonds. The fourth-order valence-corrected chi connectivity index (χ4v) is 2.88. The summed E-state index contributed by atoms with van der Waals surface area (Å²) in [6.45, 7) is 5.04. The molecule has 0 fully saturated rings. The van der Waals surface area contributed by atoms with Crippen LogP contribution in [0.4, 0.5) is 18.9 Å². The van der Waals surface area contributed by atoms with Crippen molar-refractivity contribution in [3.05, 3.63) is 58.7 Å². The number of benzene rings is 2. The molecule has 156 valence electrons. The van der Waals surface area contributed by atoms with Crippen LogP contribution >= 0.6 is 0 Å². The van der Waals surface area contributed by atoms with Crippen LogP contribution in [0.25, 0.3) is 0 Å². The minimum absolute atomic E-state index is 0.0723. The van der Waals surface area contributed by atoms with Crippen LogP contribution in [0.2, 0.25) is 0 Å². The molecule has 2 aromatic rings. The van der Waals surface area contributed by atoms with E-state index in [1.54, 1.807) is 0 Å². The lowest BCUT2D eigenvalue weighted by atomic mass is 10.1. The largest absolute Gasteiger partial charge is 0.484 e. The van der Waals surface area contributed by atoms with Crippen molar-refractivity contribution >= 4 is 17.5 Å². The summed E-state index contributed by atoms with van der Waals surface area (Å²) in [5.41, 5.74) is 2.74. The predicted octanol–water partition coefficient (Wildman–Crippen LogP) is 4.11. The lowest BCUT2D eigenvalue weighted by Gasteiger charge is -2.19. The summed E-state index contributed by atoms with van der Waals surface area (Å²) in [5, 5.41) is 2.79. The summed E-state index contributed by atoms with van der Waals surface area (Å²) in [6, 6.07) is 8.16. The van der Waals surface area contributed by atoms with Crippen LogP contribution in [0.1, 0.15) is 22.3 Å². The number of aryl methyl sites for hydroxylation is 3. The van der Waals surface area contributed by atoms with Gasteiger partial charge in [0.1, 0.15) is 5.75 Å². The molecule has 0 atom stereocenters. The minimum atomic E-state index is -4.50. The lowest BCUT2D eigenvalue weighted by Crippen LogP contribution is -2.37. The maximum atomic E-state index is 12.7. The van der Waals surface area contributed by atoms with E-state index < -0.39 is 24.3 Å². The summed E-state index contributed by atoms with van der Waals surface area (Å²) in [5.74, 6) is -0.984. The van der Waals surface area contributed by atoms with Gasteiger partial charge < -0.3 is 15.0 Å². The summed E-state index contributed by atoms with van der Waals surface area (Å²) in [4.78, 5) is 25.6. The molecule has 8 heteroatoms. The topological polar surface area (TPSA) is 58.6 Å². The van der Waals surface area contributed by atoms with Crippen LogP contribution in [0.5, 0.6) is 5.75 Å². The molecule has 0 heterocycles. The van der Waals surface area contributed by atoms with Crippen molar-refractivity contribution in [3.63, 3.8) is 0 Å². The van der Waals surface area contributed by atoms with Crippen molar-refractivity contribution < 1.29 is 27.5 Å². The monoisotopic (exact) mass is 408 g/mol. The first kappa shape index (κ1) is 22.3. The fraction of sp³-hybridized carbons (Fsp3) is 0.333. The SMILES string of the molecule is Cc1cc(C)c(NC(=O)CN(C)C(=O)COc2cccc(C(F)(F)F)c2)c(C)c1. The van der Waals surface area contributed by atoms with E-state index in [9.17, 15) is 22.8 Å². The highest BCUT2D eigenvalue weighted by atomic mass is 19.4. The number of ether oxygens (including phenoxy) is 1. The van der Waals surface area contributed by atoms with E-state index in [4.69, 9.17) is 4.74 Å². The maximum absolute atomic E-state index is 12.7. The van der Waals surface area contributed by atoms with Gasteiger partial charge in [-0.2, -0.15) is 13.2 Å². The summed E-state index contributed by atoms with van der Waals surface area (Å²) in [6.07, 6.45) is -4.50. The maximum Gasteiger partial charge on any atom is 0.416 e. The Morgan fingerprint density at radius 3 is 2.28 bits per heavy atom. The first-order valence-corrected chi connectivity index (χ1v) is 8.89. The minimum Gasteiger partial charge on any atom is -0.484 e. The zero-order chi connectivity index (χ0) is 21.8. The van der Waals surface area contributed by atoms with Crippen molar-refractivity contribution in [1.29, 1.82) is 0 Å². The van der Waals surface area contributed by atoms with Gasteiger partial charge in [-0.05, 0) is 50.1 Å². The number of likely N-dealkylation sites (N-methyl/N-ethyl adjacent to an activating group) is 1. The molecular formula is C21H23F3N2O3. The van der Waals surface area contributed by atoms with Crippen molar-refractivity contribution in [2.45, 2.75) is 26.9 Å². The number of rotatable bonds is 6. The third-order valence-electron chi connectivity index (χ3n) is 4.27. The Kier molecular flexibility index (Phi) is 6.89. The number of hydrogen-bond acceptors (Lipinski definition) is 3. The molecule has 0 aromatic heterocycles. The first-order valence-electron chi connectivity index (χ1n) is 8.89. The Balaban J connectivity index is 1.92. The Labute approximate surface area is 167 Å². The standard InChI is InChI=1S/C21H23F3N2O3/c1-13-8-14(2)20(15(3)9-13)25-18(27)11-26(4)19(28)12-29-17-7-5-6-16(10-17)21(22,23)24/h5-10H,11-12H2,1-4H3,(H,25,27). The van der Waals surface area contributed by atoms with Gasteiger partial charge in [-0.3, -0.25) is 9.59 Å². The van der Waals surface area contributed by atoms with Gasteiger partial charge in [-0.15, -0.1) is 0 Å². The molecule has 0 spiro atoms. The van der Waals surface area contributed by atoms with Crippen LogP contribution in [-0.4, -0.2) is 36.9 Å². The van der Waals surface area contributed by atoms with Crippen LogP contribution in [-0.2, 0) is 15.8 Å². The third-order valence-corrected chi connectivity index (χ3v) is 4.27. The van der Waals surface area contributed by atoms with E-state index in [0.717, 1.165) is 33.7 Å². The molecule has 29 heavy (non-hydrogen) atoms. The van der Waals surface area contributed by atoms with Gasteiger partial charge in [0, 0.05) is 12.7 Å². The average molecular weight is 408 g/mol. The summed E-state index contributed by atoms with van der Waals surface area (Å²) in [7, 11) is 1.42. The van der Waals surface area contributed by atoms with E-state index in [1.165, 1.54) is 19.2 Å². The van der Waals surface area contributed by atoms with Gasteiger partial charge in [-0.1, -0.05) is 23.8 Å². The number of carbonyl (C=O) groups is 2. The van der Waals surface area contributed by atoms with Gasteiger partial charge in [-0.25, -0.2) is 0 Å². The molecule has 0 unspecified atom stereocenters. The Bertz CT molecular complexity index is 887. The highest BCUT2D eigenvalue weighted by Gasteiger charge is 2.30. The molecule has 1 N–H and O–H groups in total. The summed E-state index contributed by atoms with van der Waals surface area (Å²) >= 11 is 0. The van der Waals surface area contributed by atoms with Crippen LogP contribution in [0.3, 0.4) is 0 Å². The first-order chi connectivity index (χ1) is 13.5. The van der Waals surface area contributed by atoms with Crippen molar-refractivity contribution in [3.8, 4) is 5.75 Å². The average Bonchev–Trinajstić information content (AvgIpc) is 2.62. The third kappa shape index (κ3) is 6.23. The van der Waals surface area contributed by atoms with Crippen LogP contribution < -0.4 is 10.1 Å². The normalized spacial score (nSPS) is 11.1. The number of anilines is 1. The number of carbonyl (C=O) groups excluding carboxylic acids is 2. The molecular weight excluding hydrogens is 385 g/mol. The van der Waals surface area contributed by atoms with Gasteiger partial charge in [0.2, 0.25) is 5.91 Å². The van der Waals surface area contributed by atoms with E-state index in [1.807, 2.05) is 32.9 Å². The highest BCUT2D eigenvalue weighted by Crippen LogP contribution is 2.31. The molecule has 0 bridgehead atoms. The molecule has 0 aliphatic heterocycles. The molecule has 0 saturated heterocycles. The molecule has 0 aliphatic rings. The Hall–Kier alpha value is -3.03. The summed E-state index contributed by atoms with van der Waals surface area (Å²) < 4.78 is 43.3. The van der Waals surface area contributed by atoms with Crippen molar-refractivity contribution in [1.82, 2.24) is 4.90 Å². The van der Waals surface area contributed by atoms with E-state index in [0.29, 0.717) is 5.69 Å². The number of hydrogen-bond donors (Lipinski definition) is 1. The van der Waals surface area contributed by atoms with Crippen molar-refractivity contribution in [2.75, 3.05) is 25.5 Å². The highest BCUT2D eigenvalue weighted by molar-refractivity contribution is 5.95. The van der Waals surface area contributed by atoms with E-state index in [2.05, 4.69) is 5.32 Å². The van der Waals surface area contributed by atoms with E-state index >= 15 is 0 Å². The number of alkyl halides is 3. The number of amides is 2.